The van der Waals surface area contributed by atoms with Crippen LogP contribution in [0.5, 0.6) is 5.75 Å². The van der Waals surface area contributed by atoms with Gasteiger partial charge in [-0.25, -0.2) is 13.1 Å². The molecule has 8 heteroatoms. The van der Waals surface area contributed by atoms with Gasteiger partial charge in [0.25, 0.3) is 0 Å². The Morgan fingerprint density at radius 3 is 2.69 bits per heavy atom. The summed E-state index contributed by atoms with van der Waals surface area (Å²) >= 11 is 0. The first-order chi connectivity index (χ1) is 12.1. The second kappa shape index (κ2) is 6.41. The van der Waals surface area contributed by atoms with E-state index < -0.39 is 15.6 Å². The van der Waals surface area contributed by atoms with Gasteiger partial charge in [-0.05, 0) is 38.5 Å². The first-order valence-corrected chi connectivity index (χ1v) is 10.2. The number of carbonyl (C=O) groups excluding carboxylic acids is 1. The number of likely N-dealkylation sites (tertiary alicyclic amines) is 1. The van der Waals surface area contributed by atoms with Crippen molar-refractivity contribution in [2.24, 2.45) is 0 Å². The van der Waals surface area contributed by atoms with Crippen LogP contribution >= 0.6 is 0 Å². The quantitative estimate of drug-likeness (QED) is 0.862. The topological polar surface area (TPSA) is 99.5 Å². The van der Waals surface area contributed by atoms with Gasteiger partial charge in [-0.2, -0.15) is 5.26 Å². The molecule has 1 saturated heterocycles. The Balaban J connectivity index is 2.22. The smallest absolute Gasteiger partial charge is 0.227 e. The highest BCUT2D eigenvalue weighted by Crippen LogP contribution is 2.43. The Kier molecular flexibility index (Phi) is 4.54. The maximum absolute atomic E-state index is 12.4. The van der Waals surface area contributed by atoms with Gasteiger partial charge in [0.05, 0.1) is 23.6 Å². The summed E-state index contributed by atoms with van der Waals surface area (Å²) in [7, 11) is -3.42. The lowest BCUT2D eigenvalue weighted by Crippen LogP contribution is -2.43. The number of benzene rings is 1. The summed E-state index contributed by atoms with van der Waals surface area (Å²) in [4.78, 5) is 14.1. The third-order valence-corrected chi connectivity index (χ3v) is 5.26. The zero-order chi connectivity index (χ0) is 19.1. The maximum atomic E-state index is 12.4. The van der Waals surface area contributed by atoms with Crippen molar-refractivity contribution in [2.45, 2.75) is 32.3 Å². The van der Waals surface area contributed by atoms with Crippen LogP contribution in [0.25, 0.3) is 5.70 Å². The zero-order valence-corrected chi connectivity index (χ0v) is 15.8. The van der Waals surface area contributed by atoms with Crippen molar-refractivity contribution in [3.05, 3.63) is 34.9 Å². The molecule has 0 aliphatic carbocycles. The SMILES string of the molecule is CC1(C)Oc2ccc(C#N)cc2C(N2CCCC2=O)=C1CNS(C)(=O)=O. The van der Waals surface area contributed by atoms with E-state index in [0.29, 0.717) is 41.1 Å². The standard InChI is InChI=1S/C18H21N3O4S/c1-18(2)14(11-20-26(3,23)24)17(21-8-4-5-16(21)22)13-9-12(10-19)6-7-15(13)25-18/h6-7,9,20H,4-5,8,11H2,1-3H3. The minimum Gasteiger partial charge on any atom is -0.483 e. The molecule has 1 fully saturated rings. The van der Waals surface area contributed by atoms with Gasteiger partial charge in [0.2, 0.25) is 15.9 Å². The Hall–Kier alpha value is -2.37. The number of nitriles is 1. The molecule has 0 bridgehead atoms. The van der Waals surface area contributed by atoms with Crippen LogP contribution in [-0.2, 0) is 14.8 Å². The number of amides is 1. The fourth-order valence-corrected chi connectivity index (χ4v) is 3.76. The van der Waals surface area contributed by atoms with E-state index in [2.05, 4.69) is 10.8 Å². The fourth-order valence-electron chi connectivity index (χ4n) is 3.35. The van der Waals surface area contributed by atoms with Crippen molar-refractivity contribution < 1.29 is 17.9 Å². The van der Waals surface area contributed by atoms with Crippen LogP contribution in [0.1, 0.15) is 37.8 Å². The molecule has 1 N–H and O–H groups in total. The van der Waals surface area contributed by atoms with Gasteiger partial charge in [0, 0.05) is 30.6 Å². The van der Waals surface area contributed by atoms with Gasteiger partial charge in [0.1, 0.15) is 11.4 Å². The predicted octanol–water partition coefficient (Wildman–Crippen LogP) is 1.61. The number of nitrogens with zero attached hydrogens (tertiary/aromatic N) is 2. The van der Waals surface area contributed by atoms with E-state index in [4.69, 9.17) is 4.74 Å². The molecule has 0 atom stereocenters. The highest BCUT2D eigenvalue weighted by atomic mass is 32.2. The number of nitrogens with one attached hydrogen (secondary N) is 1. The molecule has 1 aromatic rings. The van der Waals surface area contributed by atoms with E-state index in [-0.39, 0.29) is 12.5 Å². The molecule has 0 saturated carbocycles. The molecule has 26 heavy (non-hydrogen) atoms. The number of sulfonamides is 1. The highest BCUT2D eigenvalue weighted by Gasteiger charge is 2.39. The van der Waals surface area contributed by atoms with Crippen LogP contribution in [0.2, 0.25) is 0 Å². The Morgan fingerprint density at radius 2 is 2.12 bits per heavy atom. The van der Waals surface area contributed by atoms with Crippen molar-refractivity contribution in [3.63, 3.8) is 0 Å². The Labute approximate surface area is 153 Å². The summed E-state index contributed by atoms with van der Waals surface area (Å²) in [6, 6.07) is 7.17. The summed E-state index contributed by atoms with van der Waals surface area (Å²) in [6.07, 6.45) is 2.28. The molecular weight excluding hydrogens is 354 g/mol. The molecule has 138 valence electrons. The molecule has 2 heterocycles. The van der Waals surface area contributed by atoms with Gasteiger partial charge in [0.15, 0.2) is 0 Å². The van der Waals surface area contributed by atoms with E-state index in [1.54, 1.807) is 23.1 Å². The van der Waals surface area contributed by atoms with Crippen LogP contribution in [0.15, 0.2) is 23.8 Å². The predicted molar refractivity (Wildman–Crippen MR) is 96.6 cm³/mol. The first kappa shape index (κ1) is 18.4. The lowest BCUT2D eigenvalue weighted by Gasteiger charge is -2.39. The molecule has 7 nitrogen and oxygen atoms in total. The van der Waals surface area contributed by atoms with Crippen molar-refractivity contribution in [1.29, 1.82) is 5.26 Å². The van der Waals surface area contributed by atoms with Crippen LogP contribution in [0.4, 0.5) is 0 Å². The first-order valence-electron chi connectivity index (χ1n) is 8.34. The zero-order valence-electron chi connectivity index (χ0n) is 15.0. The van der Waals surface area contributed by atoms with Gasteiger partial charge in [-0.15, -0.1) is 0 Å². The van der Waals surface area contributed by atoms with Crippen LogP contribution in [0.3, 0.4) is 0 Å². The van der Waals surface area contributed by atoms with Gasteiger partial charge < -0.3 is 9.64 Å². The Morgan fingerprint density at radius 1 is 1.38 bits per heavy atom. The Bertz CT molecular complexity index is 942. The monoisotopic (exact) mass is 375 g/mol. The highest BCUT2D eigenvalue weighted by molar-refractivity contribution is 7.88. The van der Waals surface area contributed by atoms with E-state index in [1.165, 1.54) is 0 Å². The normalized spacial score (nSPS) is 19.2. The van der Waals surface area contributed by atoms with Crippen LogP contribution < -0.4 is 9.46 Å². The molecule has 0 aromatic heterocycles. The van der Waals surface area contributed by atoms with Gasteiger partial charge in [-0.1, -0.05) is 0 Å². The summed E-state index contributed by atoms with van der Waals surface area (Å²) in [5, 5.41) is 9.24. The minimum atomic E-state index is -3.42. The summed E-state index contributed by atoms with van der Waals surface area (Å²) in [5.41, 5.74) is 1.60. The lowest BCUT2D eigenvalue weighted by atomic mass is 9.88. The van der Waals surface area contributed by atoms with Crippen molar-refractivity contribution in [2.75, 3.05) is 19.3 Å². The van der Waals surface area contributed by atoms with Crippen LogP contribution in [0, 0.1) is 11.3 Å². The van der Waals surface area contributed by atoms with Crippen molar-refractivity contribution in [1.82, 2.24) is 9.62 Å². The molecule has 0 radical (unpaired) electrons. The molecule has 2 aliphatic rings. The minimum absolute atomic E-state index is 0.0112. The van der Waals surface area contributed by atoms with E-state index in [0.717, 1.165) is 12.7 Å². The molecule has 0 unspecified atom stereocenters. The summed E-state index contributed by atoms with van der Waals surface area (Å²) < 4.78 is 31.8. The molecule has 1 amide bonds. The second-order valence-corrected chi connectivity index (χ2v) is 8.84. The molecular formula is C18H21N3O4S. The molecule has 2 aliphatic heterocycles. The van der Waals surface area contributed by atoms with E-state index in [9.17, 15) is 18.5 Å². The van der Waals surface area contributed by atoms with Gasteiger partial charge >= 0.3 is 0 Å². The van der Waals surface area contributed by atoms with E-state index in [1.807, 2.05) is 13.8 Å². The third kappa shape index (κ3) is 3.45. The van der Waals surface area contributed by atoms with Gasteiger partial charge in [-0.3, -0.25) is 4.79 Å². The van der Waals surface area contributed by atoms with E-state index >= 15 is 0 Å². The number of rotatable bonds is 4. The molecule has 3 rings (SSSR count). The average Bonchev–Trinajstić information content (AvgIpc) is 2.96. The number of hydrogen-bond donors (Lipinski definition) is 1. The lowest BCUT2D eigenvalue weighted by molar-refractivity contribution is -0.125. The average molecular weight is 375 g/mol. The largest absolute Gasteiger partial charge is 0.483 e. The summed E-state index contributed by atoms with van der Waals surface area (Å²) in [6.45, 7) is 4.27. The molecule has 1 aromatic carbocycles. The maximum Gasteiger partial charge on any atom is 0.227 e. The second-order valence-electron chi connectivity index (χ2n) is 7.00. The van der Waals surface area contributed by atoms with Crippen molar-refractivity contribution in [3.8, 4) is 11.8 Å². The third-order valence-electron chi connectivity index (χ3n) is 4.60. The number of fused-ring (bicyclic) bond motifs is 1. The summed E-state index contributed by atoms with van der Waals surface area (Å²) in [5.74, 6) is 0.565. The fraction of sp³-hybridized carbons (Fsp3) is 0.444. The molecule has 0 spiro atoms. The van der Waals surface area contributed by atoms with Crippen molar-refractivity contribution >= 4 is 21.6 Å². The number of hydrogen-bond acceptors (Lipinski definition) is 5. The number of ether oxygens (including phenoxy) is 1. The number of carbonyl (C=O) groups is 1. The van der Waals surface area contributed by atoms with Crippen LogP contribution in [-0.4, -0.2) is 44.2 Å².